The number of nitrogens with zero attached hydrogens (tertiary/aromatic N) is 1. The van der Waals surface area contributed by atoms with E-state index in [2.05, 4.69) is 16.4 Å². The Kier molecular flexibility index (Phi) is 3.95. The average Bonchev–Trinajstić information content (AvgIpc) is 3.12. The Morgan fingerprint density at radius 3 is 3.30 bits per heavy atom. The molecule has 6 heteroatoms. The first-order valence-corrected chi connectivity index (χ1v) is 7.55. The van der Waals surface area contributed by atoms with Gasteiger partial charge in [0.25, 0.3) is 0 Å². The molecule has 2 unspecified atom stereocenters. The predicted octanol–water partition coefficient (Wildman–Crippen LogP) is 1.28. The van der Waals surface area contributed by atoms with Gasteiger partial charge in [0.15, 0.2) is 0 Å². The fourth-order valence-corrected chi connectivity index (χ4v) is 3.17. The Morgan fingerprint density at radius 1 is 1.60 bits per heavy atom. The van der Waals surface area contributed by atoms with Crippen molar-refractivity contribution in [2.45, 2.75) is 19.1 Å². The van der Waals surface area contributed by atoms with Crippen LogP contribution in [0.2, 0.25) is 0 Å². The topological polar surface area (TPSA) is 77.2 Å². The van der Waals surface area contributed by atoms with Crippen molar-refractivity contribution in [3.8, 4) is 0 Å². The largest absolute Gasteiger partial charge is 0.376 e. The summed E-state index contributed by atoms with van der Waals surface area (Å²) in [5, 5.41) is 4.96. The van der Waals surface area contributed by atoms with Gasteiger partial charge in [-0.3, -0.25) is 9.78 Å². The Labute approximate surface area is 121 Å². The molecule has 0 bridgehead atoms. The highest BCUT2D eigenvalue weighted by Gasteiger charge is 2.29. The standard InChI is InChI=1S/C14H17N3O2S/c15-5-11-4-10(8-19-11)14(18)17-7-9-3-13-12(16-6-9)1-2-20-13/h1-3,6,10-11H,4-5,7-8,15H2,(H,17,18). The summed E-state index contributed by atoms with van der Waals surface area (Å²) in [6.07, 6.45) is 2.54. The van der Waals surface area contributed by atoms with E-state index in [-0.39, 0.29) is 17.9 Å². The number of carbonyl (C=O) groups excluding carboxylic acids is 1. The van der Waals surface area contributed by atoms with E-state index >= 15 is 0 Å². The monoisotopic (exact) mass is 291 g/mol. The molecule has 106 valence electrons. The van der Waals surface area contributed by atoms with E-state index in [0.717, 1.165) is 15.8 Å². The third-order valence-corrected chi connectivity index (χ3v) is 4.39. The van der Waals surface area contributed by atoms with Crippen LogP contribution in [-0.2, 0) is 16.1 Å². The van der Waals surface area contributed by atoms with Crippen LogP contribution in [0.25, 0.3) is 10.2 Å². The molecule has 3 heterocycles. The molecule has 1 amide bonds. The number of pyridine rings is 1. The summed E-state index contributed by atoms with van der Waals surface area (Å²) in [5.74, 6) is -0.0470. The lowest BCUT2D eigenvalue weighted by atomic mass is 10.0. The van der Waals surface area contributed by atoms with Gasteiger partial charge in [-0.25, -0.2) is 0 Å². The van der Waals surface area contributed by atoms with Crippen LogP contribution in [0, 0.1) is 5.92 Å². The highest BCUT2D eigenvalue weighted by atomic mass is 32.1. The van der Waals surface area contributed by atoms with E-state index in [4.69, 9.17) is 10.5 Å². The zero-order valence-corrected chi connectivity index (χ0v) is 11.9. The zero-order valence-electron chi connectivity index (χ0n) is 11.0. The van der Waals surface area contributed by atoms with Crippen LogP contribution in [0.15, 0.2) is 23.7 Å². The van der Waals surface area contributed by atoms with E-state index in [1.807, 2.05) is 17.6 Å². The maximum atomic E-state index is 12.0. The molecule has 0 aromatic carbocycles. The van der Waals surface area contributed by atoms with Crippen LogP contribution >= 0.6 is 11.3 Å². The summed E-state index contributed by atoms with van der Waals surface area (Å²) in [6, 6.07) is 4.06. The summed E-state index contributed by atoms with van der Waals surface area (Å²) >= 11 is 1.66. The molecular formula is C14H17N3O2S. The lowest BCUT2D eigenvalue weighted by molar-refractivity contribution is -0.125. The summed E-state index contributed by atoms with van der Waals surface area (Å²) in [4.78, 5) is 16.4. The van der Waals surface area contributed by atoms with Crippen LogP contribution in [-0.4, -0.2) is 30.1 Å². The summed E-state index contributed by atoms with van der Waals surface area (Å²) in [5.41, 5.74) is 7.56. The molecule has 0 saturated carbocycles. The van der Waals surface area contributed by atoms with Gasteiger partial charge in [0, 0.05) is 19.3 Å². The number of ether oxygens (including phenoxy) is 1. The third kappa shape index (κ3) is 2.82. The van der Waals surface area contributed by atoms with Crippen LogP contribution in [0.5, 0.6) is 0 Å². The van der Waals surface area contributed by atoms with E-state index in [0.29, 0.717) is 26.1 Å². The van der Waals surface area contributed by atoms with Gasteiger partial charge in [-0.05, 0) is 29.5 Å². The van der Waals surface area contributed by atoms with Crippen LogP contribution in [0.1, 0.15) is 12.0 Å². The van der Waals surface area contributed by atoms with Crippen molar-refractivity contribution in [3.63, 3.8) is 0 Å². The average molecular weight is 291 g/mol. The number of carbonyl (C=O) groups is 1. The Hall–Kier alpha value is -1.50. The van der Waals surface area contributed by atoms with Gasteiger partial charge in [0.1, 0.15) is 0 Å². The third-order valence-electron chi connectivity index (χ3n) is 3.54. The molecule has 3 rings (SSSR count). The molecule has 5 nitrogen and oxygen atoms in total. The molecule has 20 heavy (non-hydrogen) atoms. The Balaban J connectivity index is 1.57. The number of thiophene rings is 1. The van der Waals surface area contributed by atoms with Crippen molar-refractivity contribution >= 4 is 27.5 Å². The van der Waals surface area contributed by atoms with E-state index < -0.39 is 0 Å². The number of nitrogens with one attached hydrogen (secondary N) is 1. The van der Waals surface area contributed by atoms with Gasteiger partial charge in [0.05, 0.1) is 28.8 Å². The smallest absolute Gasteiger partial charge is 0.225 e. The number of amides is 1. The van der Waals surface area contributed by atoms with Crippen molar-refractivity contribution in [2.75, 3.05) is 13.2 Å². The minimum Gasteiger partial charge on any atom is -0.376 e. The van der Waals surface area contributed by atoms with E-state index in [1.54, 1.807) is 11.3 Å². The van der Waals surface area contributed by atoms with Crippen molar-refractivity contribution in [1.82, 2.24) is 10.3 Å². The fraction of sp³-hybridized carbons (Fsp3) is 0.429. The van der Waals surface area contributed by atoms with Gasteiger partial charge >= 0.3 is 0 Å². The normalized spacial score (nSPS) is 22.2. The van der Waals surface area contributed by atoms with Crippen LogP contribution in [0.4, 0.5) is 0 Å². The fourth-order valence-electron chi connectivity index (χ4n) is 2.37. The van der Waals surface area contributed by atoms with Crippen LogP contribution < -0.4 is 11.1 Å². The minimum absolute atomic E-state index is 0.0230. The first-order chi connectivity index (χ1) is 9.76. The molecule has 1 aliphatic heterocycles. The van der Waals surface area contributed by atoms with E-state index in [1.165, 1.54) is 0 Å². The number of aromatic nitrogens is 1. The first kappa shape index (κ1) is 13.5. The quantitative estimate of drug-likeness (QED) is 0.889. The van der Waals surface area contributed by atoms with Gasteiger partial charge < -0.3 is 15.8 Å². The minimum atomic E-state index is -0.0815. The highest BCUT2D eigenvalue weighted by Crippen LogP contribution is 2.20. The maximum Gasteiger partial charge on any atom is 0.225 e. The van der Waals surface area contributed by atoms with Gasteiger partial charge in [0.2, 0.25) is 5.91 Å². The maximum absolute atomic E-state index is 12.0. The predicted molar refractivity (Wildman–Crippen MR) is 78.4 cm³/mol. The number of nitrogens with two attached hydrogens (primary N) is 1. The molecule has 2 aromatic rings. The van der Waals surface area contributed by atoms with Crippen molar-refractivity contribution in [2.24, 2.45) is 11.7 Å². The number of hydrogen-bond donors (Lipinski definition) is 2. The lowest BCUT2D eigenvalue weighted by Crippen LogP contribution is -2.31. The number of rotatable bonds is 4. The summed E-state index contributed by atoms with van der Waals surface area (Å²) in [7, 11) is 0. The summed E-state index contributed by atoms with van der Waals surface area (Å²) < 4.78 is 6.58. The zero-order chi connectivity index (χ0) is 13.9. The molecule has 1 saturated heterocycles. The van der Waals surface area contributed by atoms with Gasteiger partial charge in [-0.1, -0.05) is 0 Å². The van der Waals surface area contributed by atoms with Crippen LogP contribution in [0.3, 0.4) is 0 Å². The van der Waals surface area contributed by atoms with E-state index in [9.17, 15) is 4.79 Å². The SMILES string of the molecule is NCC1CC(C(=O)NCc2cnc3ccsc3c2)CO1. The van der Waals surface area contributed by atoms with Crippen molar-refractivity contribution in [3.05, 3.63) is 29.3 Å². The molecule has 2 aromatic heterocycles. The molecule has 2 atom stereocenters. The summed E-state index contributed by atoms with van der Waals surface area (Å²) in [6.45, 7) is 1.45. The second-order valence-electron chi connectivity index (χ2n) is 4.99. The molecule has 1 fully saturated rings. The molecule has 0 aliphatic carbocycles. The lowest BCUT2D eigenvalue weighted by Gasteiger charge is -2.09. The highest BCUT2D eigenvalue weighted by molar-refractivity contribution is 7.17. The Bertz CT molecular complexity index is 613. The van der Waals surface area contributed by atoms with Crippen molar-refractivity contribution in [1.29, 1.82) is 0 Å². The number of fused-ring (bicyclic) bond motifs is 1. The second-order valence-corrected chi connectivity index (χ2v) is 5.94. The molecular weight excluding hydrogens is 274 g/mol. The molecule has 3 N–H and O–H groups in total. The van der Waals surface area contributed by atoms with Gasteiger partial charge in [-0.15, -0.1) is 11.3 Å². The van der Waals surface area contributed by atoms with Crippen molar-refractivity contribution < 1.29 is 9.53 Å². The first-order valence-electron chi connectivity index (χ1n) is 6.68. The Morgan fingerprint density at radius 2 is 2.50 bits per heavy atom. The second kappa shape index (κ2) is 5.87. The molecule has 0 spiro atoms. The number of hydrogen-bond acceptors (Lipinski definition) is 5. The molecule has 1 aliphatic rings. The molecule has 0 radical (unpaired) electrons. The van der Waals surface area contributed by atoms with Gasteiger partial charge in [-0.2, -0.15) is 0 Å².